The van der Waals surface area contributed by atoms with Crippen LogP contribution in [0.3, 0.4) is 0 Å². The summed E-state index contributed by atoms with van der Waals surface area (Å²) in [4.78, 5) is 25.7. The Bertz CT molecular complexity index is 564. The molecule has 1 heterocycles. The Labute approximate surface area is 145 Å². The molecule has 0 radical (unpaired) electrons. The van der Waals surface area contributed by atoms with E-state index < -0.39 is 0 Å². The average molecular weight is 336 g/mol. The predicted molar refractivity (Wildman–Crippen MR) is 95.8 cm³/mol. The molecular formula is C18H32N4O2. The molecule has 6 nitrogen and oxygen atoms in total. The molecule has 1 aromatic heterocycles. The van der Waals surface area contributed by atoms with E-state index in [2.05, 4.69) is 31.2 Å². The lowest BCUT2D eigenvalue weighted by molar-refractivity contribution is -0.135. The van der Waals surface area contributed by atoms with Crippen molar-refractivity contribution in [2.75, 3.05) is 19.6 Å². The van der Waals surface area contributed by atoms with Gasteiger partial charge in [0.25, 0.3) is 0 Å². The van der Waals surface area contributed by atoms with Crippen molar-refractivity contribution in [1.82, 2.24) is 20.0 Å². The van der Waals surface area contributed by atoms with E-state index in [1.165, 1.54) is 0 Å². The van der Waals surface area contributed by atoms with Gasteiger partial charge in [0.15, 0.2) is 0 Å². The molecular weight excluding hydrogens is 304 g/mol. The molecule has 0 aliphatic heterocycles. The third kappa shape index (κ3) is 5.65. The van der Waals surface area contributed by atoms with Crippen molar-refractivity contribution in [2.24, 2.45) is 5.92 Å². The van der Waals surface area contributed by atoms with Gasteiger partial charge in [0.1, 0.15) is 0 Å². The standard InChI is InChI=1S/C18H32N4O2/c1-7-19-17(23)12-21(8-2)18(24)10-9-16-14(5)20-22(15(16)6)11-13(3)4/h13H,7-12H2,1-6H3,(H,19,23). The zero-order valence-corrected chi connectivity index (χ0v) is 16.0. The first-order valence-electron chi connectivity index (χ1n) is 8.87. The van der Waals surface area contributed by atoms with E-state index in [1.54, 1.807) is 4.90 Å². The fourth-order valence-corrected chi connectivity index (χ4v) is 2.81. The zero-order valence-electron chi connectivity index (χ0n) is 16.0. The van der Waals surface area contributed by atoms with Gasteiger partial charge >= 0.3 is 0 Å². The third-order valence-corrected chi connectivity index (χ3v) is 4.10. The molecule has 1 aromatic rings. The maximum absolute atomic E-state index is 12.4. The SMILES string of the molecule is CCNC(=O)CN(CC)C(=O)CCc1c(C)nn(CC(C)C)c1C. The topological polar surface area (TPSA) is 67.2 Å². The summed E-state index contributed by atoms with van der Waals surface area (Å²) in [6.07, 6.45) is 1.07. The minimum atomic E-state index is -0.107. The van der Waals surface area contributed by atoms with Crippen LogP contribution in [0.4, 0.5) is 0 Å². The summed E-state index contributed by atoms with van der Waals surface area (Å²) in [6.45, 7) is 14.3. The quantitative estimate of drug-likeness (QED) is 0.751. The summed E-state index contributed by atoms with van der Waals surface area (Å²) in [6, 6.07) is 0. The summed E-state index contributed by atoms with van der Waals surface area (Å²) in [5.74, 6) is 0.439. The molecule has 1 rings (SSSR count). The van der Waals surface area contributed by atoms with Crippen molar-refractivity contribution in [3.8, 4) is 0 Å². The molecule has 0 saturated carbocycles. The summed E-state index contributed by atoms with van der Waals surface area (Å²) in [5.41, 5.74) is 3.28. The molecule has 0 bridgehead atoms. The maximum atomic E-state index is 12.4. The van der Waals surface area contributed by atoms with Gasteiger partial charge in [-0.1, -0.05) is 13.8 Å². The normalized spacial score (nSPS) is 11.0. The van der Waals surface area contributed by atoms with Crippen LogP contribution in [0.25, 0.3) is 0 Å². The molecule has 1 N–H and O–H groups in total. The van der Waals surface area contributed by atoms with Crippen molar-refractivity contribution in [2.45, 2.75) is 60.9 Å². The number of nitrogens with one attached hydrogen (secondary N) is 1. The molecule has 0 fully saturated rings. The van der Waals surface area contributed by atoms with Crippen LogP contribution in [0.2, 0.25) is 0 Å². The molecule has 0 aromatic carbocycles. The minimum absolute atomic E-state index is 0.0131. The number of carbonyl (C=O) groups is 2. The van der Waals surface area contributed by atoms with Gasteiger partial charge in [0, 0.05) is 31.7 Å². The molecule has 136 valence electrons. The number of nitrogens with zero attached hydrogens (tertiary/aromatic N) is 3. The Morgan fingerprint density at radius 1 is 1.25 bits per heavy atom. The monoisotopic (exact) mass is 336 g/mol. The predicted octanol–water partition coefficient (Wildman–Crippen LogP) is 2.07. The van der Waals surface area contributed by atoms with Crippen LogP contribution in [0.15, 0.2) is 0 Å². The molecule has 0 aliphatic carbocycles. The lowest BCUT2D eigenvalue weighted by atomic mass is 10.1. The van der Waals surface area contributed by atoms with Crippen molar-refractivity contribution in [3.05, 3.63) is 17.0 Å². The van der Waals surface area contributed by atoms with Gasteiger partial charge in [-0.05, 0) is 45.6 Å². The van der Waals surface area contributed by atoms with Gasteiger partial charge in [-0.3, -0.25) is 14.3 Å². The summed E-state index contributed by atoms with van der Waals surface area (Å²) >= 11 is 0. The van der Waals surface area contributed by atoms with Crippen molar-refractivity contribution in [3.63, 3.8) is 0 Å². The summed E-state index contributed by atoms with van der Waals surface area (Å²) < 4.78 is 2.03. The van der Waals surface area contributed by atoms with E-state index in [0.29, 0.717) is 31.8 Å². The smallest absolute Gasteiger partial charge is 0.239 e. The molecule has 0 aliphatic rings. The van der Waals surface area contributed by atoms with Crippen molar-refractivity contribution >= 4 is 11.8 Å². The van der Waals surface area contributed by atoms with E-state index in [4.69, 9.17) is 0 Å². The second kappa shape index (κ2) is 9.45. The highest BCUT2D eigenvalue weighted by Crippen LogP contribution is 2.17. The molecule has 24 heavy (non-hydrogen) atoms. The van der Waals surface area contributed by atoms with Gasteiger partial charge in [0.05, 0.1) is 12.2 Å². The molecule has 0 saturated heterocycles. The fourth-order valence-electron chi connectivity index (χ4n) is 2.81. The van der Waals surface area contributed by atoms with Crippen LogP contribution in [0.5, 0.6) is 0 Å². The first kappa shape index (κ1) is 20.2. The van der Waals surface area contributed by atoms with Crippen LogP contribution in [0.1, 0.15) is 51.1 Å². The van der Waals surface area contributed by atoms with E-state index in [0.717, 1.165) is 23.5 Å². The number of aryl methyl sites for hydroxylation is 1. The molecule has 2 amide bonds. The largest absolute Gasteiger partial charge is 0.355 e. The number of carbonyl (C=O) groups excluding carboxylic acids is 2. The second-order valence-electron chi connectivity index (χ2n) is 6.59. The minimum Gasteiger partial charge on any atom is -0.355 e. The van der Waals surface area contributed by atoms with E-state index in [1.807, 2.05) is 25.5 Å². The van der Waals surface area contributed by atoms with Gasteiger partial charge in [-0.2, -0.15) is 5.10 Å². The highest BCUT2D eigenvalue weighted by atomic mass is 16.2. The lowest BCUT2D eigenvalue weighted by Gasteiger charge is -2.20. The van der Waals surface area contributed by atoms with E-state index in [-0.39, 0.29) is 18.4 Å². The summed E-state index contributed by atoms with van der Waals surface area (Å²) in [7, 11) is 0. The van der Waals surface area contributed by atoms with Crippen LogP contribution in [-0.4, -0.2) is 46.1 Å². The summed E-state index contributed by atoms with van der Waals surface area (Å²) in [5, 5.41) is 7.33. The van der Waals surface area contributed by atoms with Crippen LogP contribution in [0, 0.1) is 19.8 Å². The zero-order chi connectivity index (χ0) is 18.3. The fraction of sp³-hybridized carbons (Fsp3) is 0.722. The molecule has 0 spiro atoms. The van der Waals surface area contributed by atoms with Crippen LogP contribution < -0.4 is 5.32 Å². The molecule has 0 unspecified atom stereocenters. The molecule has 6 heteroatoms. The van der Waals surface area contributed by atoms with Crippen LogP contribution >= 0.6 is 0 Å². The lowest BCUT2D eigenvalue weighted by Crippen LogP contribution is -2.40. The Balaban J connectivity index is 2.69. The maximum Gasteiger partial charge on any atom is 0.239 e. The Kier molecular flexibility index (Phi) is 7.95. The van der Waals surface area contributed by atoms with E-state index >= 15 is 0 Å². The highest BCUT2D eigenvalue weighted by molar-refractivity contribution is 5.84. The molecule has 0 atom stereocenters. The highest BCUT2D eigenvalue weighted by Gasteiger charge is 2.18. The average Bonchev–Trinajstić information content (AvgIpc) is 2.76. The Morgan fingerprint density at radius 2 is 1.92 bits per heavy atom. The van der Waals surface area contributed by atoms with Gasteiger partial charge < -0.3 is 10.2 Å². The Hall–Kier alpha value is -1.85. The first-order valence-corrected chi connectivity index (χ1v) is 8.87. The van der Waals surface area contributed by atoms with Crippen LogP contribution in [-0.2, 0) is 22.6 Å². The van der Waals surface area contributed by atoms with Crippen molar-refractivity contribution < 1.29 is 9.59 Å². The van der Waals surface area contributed by atoms with Gasteiger partial charge in [-0.25, -0.2) is 0 Å². The Morgan fingerprint density at radius 3 is 2.46 bits per heavy atom. The van der Waals surface area contributed by atoms with Gasteiger partial charge in [0.2, 0.25) is 11.8 Å². The number of aromatic nitrogens is 2. The number of hydrogen-bond donors (Lipinski definition) is 1. The van der Waals surface area contributed by atoms with Crippen molar-refractivity contribution in [1.29, 1.82) is 0 Å². The number of rotatable bonds is 9. The number of amides is 2. The van der Waals surface area contributed by atoms with E-state index in [9.17, 15) is 9.59 Å². The third-order valence-electron chi connectivity index (χ3n) is 4.10. The second-order valence-corrected chi connectivity index (χ2v) is 6.59. The van der Waals surface area contributed by atoms with Gasteiger partial charge in [-0.15, -0.1) is 0 Å². The number of likely N-dealkylation sites (N-methyl/N-ethyl adjacent to an activating group) is 2. The first-order chi connectivity index (χ1) is 11.3. The number of hydrogen-bond acceptors (Lipinski definition) is 3.